The van der Waals surface area contributed by atoms with E-state index in [0.717, 1.165) is 5.56 Å². The topological polar surface area (TPSA) is 59.4 Å². The first-order chi connectivity index (χ1) is 8.63. The fourth-order valence-corrected chi connectivity index (χ4v) is 1.81. The van der Waals surface area contributed by atoms with Gasteiger partial charge in [-0.05, 0) is 18.2 Å². The van der Waals surface area contributed by atoms with E-state index in [4.69, 9.17) is 21.4 Å². The Morgan fingerprint density at radius 2 is 2.00 bits per heavy atom. The van der Waals surface area contributed by atoms with Crippen LogP contribution in [0.2, 0.25) is 5.02 Å². The van der Waals surface area contributed by atoms with E-state index >= 15 is 0 Å². The van der Waals surface area contributed by atoms with E-state index in [1.165, 1.54) is 13.2 Å². The molecule has 18 heavy (non-hydrogen) atoms. The van der Waals surface area contributed by atoms with Gasteiger partial charge in [-0.2, -0.15) is 0 Å². The zero-order chi connectivity index (χ0) is 13.1. The molecule has 1 N–H and O–H groups in total. The summed E-state index contributed by atoms with van der Waals surface area (Å²) in [5.74, 6) is -1.01. The Balaban J connectivity index is 2.55. The third kappa shape index (κ3) is 2.28. The summed E-state index contributed by atoms with van der Waals surface area (Å²) in [6, 6.07) is 10.3. The molecular weight excluding hydrogens is 254 g/mol. The van der Waals surface area contributed by atoms with E-state index in [-0.39, 0.29) is 11.4 Å². The van der Waals surface area contributed by atoms with Crippen LogP contribution in [-0.2, 0) is 0 Å². The number of ether oxygens (including phenoxy) is 1. The second-order valence-corrected chi connectivity index (χ2v) is 3.95. The number of hydrogen-bond acceptors (Lipinski definition) is 3. The molecule has 5 heteroatoms. The summed E-state index contributed by atoms with van der Waals surface area (Å²) < 4.78 is 4.97. The zero-order valence-corrected chi connectivity index (χ0v) is 10.3. The van der Waals surface area contributed by atoms with Crippen LogP contribution in [0, 0.1) is 0 Å². The number of hydrogen-bond donors (Lipinski definition) is 1. The van der Waals surface area contributed by atoms with Gasteiger partial charge in [-0.25, -0.2) is 9.78 Å². The first-order valence-corrected chi connectivity index (χ1v) is 5.54. The minimum absolute atomic E-state index is 0.0216. The van der Waals surface area contributed by atoms with E-state index in [9.17, 15) is 4.79 Å². The fourth-order valence-electron chi connectivity index (χ4n) is 1.58. The van der Waals surface area contributed by atoms with Crippen molar-refractivity contribution in [1.82, 2.24) is 4.98 Å². The van der Waals surface area contributed by atoms with Gasteiger partial charge in [0.25, 0.3) is 0 Å². The lowest BCUT2D eigenvalue weighted by molar-refractivity contribution is 0.0692. The van der Waals surface area contributed by atoms with Crippen molar-refractivity contribution in [2.45, 2.75) is 0 Å². The second-order valence-electron chi connectivity index (χ2n) is 3.54. The standard InChI is InChI=1S/C13H10ClNO3/c1-18-12-9(13(16)17)6-7-11(15-12)8-4-2-3-5-10(8)14/h2-7H,1H3,(H,16,17). The van der Waals surface area contributed by atoms with Gasteiger partial charge in [-0.15, -0.1) is 0 Å². The maximum atomic E-state index is 10.9. The summed E-state index contributed by atoms with van der Waals surface area (Å²) in [5, 5.41) is 9.52. The van der Waals surface area contributed by atoms with Crippen LogP contribution in [0.1, 0.15) is 10.4 Å². The number of carboxylic acids is 1. The van der Waals surface area contributed by atoms with E-state index in [2.05, 4.69) is 4.98 Å². The average molecular weight is 264 g/mol. The van der Waals surface area contributed by atoms with Gasteiger partial charge in [0, 0.05) is 10.6 Å². The SMILES string of the molecule is COc1nc(-c2ccccc2Cl)ccc1C(=O)O. The van der Waals surface area contributed by atoms with Crippen molar-refractivity contribution in [3.8, 4) is 17.1 Å². The molecule has 0 amide bonds. The number of methoxy groups -OCH3 is 1. The average Bonchev–Trinajstić information content (AvgIpc) is 2.38. The summed E-state index contributed by atoms with van der Waals surface area (Å²) in [6.45, 7) is 0. The number of rotatable bonds is 3. The number of halogens is 1. The maximum absolute atomic E-state index is 10.9. The van der Waals surface area contributed by atoms with E-state index < -0.39 is 5.97 Å². The molecule has 0 saturated carbocycles. The molecule has 0 spiro atoms. The molecule has 0 radical (unpaired) electrons. The molecular formula is C13H10ClNO3. The number of pyridine rings is 1. The van der Waals surface area contributed by atoms with Gasteiger partial charge in [0.15, 0.2) is 0 Å². The van der Waals surface area contributed by atoms with Crippen LogP contribution in [-0.4, -0.2) is 23.2 Å². The van der Waals surface area contributed by atoms with Crippen molar-refractivity contribution >= 4 is 17.6 Å². The highest BCUT2D eigenvalue weighted by molar-refractivity contribution is 6.33. The molecule has 2 rings (SSSR count). The van der Waals surface area contributed by atoms with Crippen molar-refractivity contribution in [1.29, 1.82) is 0 Å². The number of carboxylic acid groups (broad SMARTS) is 1. The fraction of sp³-hybridized carbons (Fsp3) is 0.0769. The highest BCUT2D eigenvalue weighted by Gasteiger charge is 2.14. The summed E-state index contributed by atoms with van der Waals surface area (Å²) in [7, 11) is 1.38. The maximum Gasteiger partial charge on any atom is 0.341 e. The Morgan fingerprint density at radius 1 is 1.28 bits per heavy atom. The summed E-state index contributed by atoms with van der Waals surface area (Å²) in [4.78, 5) is 15.1. The molecule has 2 aromatic rings. The number of carbonyl (C=O) groups is 1. The van der Waals surface area contributed by atoms with Crippen molar-refractivity contribution < 1.29 is 14.6 Å². The van der Waals surface area contributed by atoms with Crippen LogP contribution in [0.15, 0.2) is 36.4 Å². The molecule has 0 aliphatic carbocycles. The Bertz CT molecular complexity index is 599. The molecule has 0 aliphatic heterocycles. The largest absolute Gasteiger partial charge is 0.480 e. The quantitative estimate of drug-likeness (QED) is 0.924. The molecule has 1 aromatic carbocycles. The first-order valence-electron chi connectivity index (χ1n) is 5.16. The lowest BCUT2D eigenvalue weighted by Gasteiger charge is -2.07. The molecule has 0 bridgehead atoms. The monoisotopic (exact) mass is 263 g/mol. The third-order valence-electron chi connectivity index (χ3n) is 2.43. The van der Waals surface area contributed by atoms with E-state index in [0.29, 0.717) is 10.7 Å². The smallest absolute Gasteiger partial charge is 0.341 e. The molecule has 1 aromatic heterocycles. The Morgan fingerprint density at radius 3 is 2.61 bits per heavy atom. The molecule has 92 valence electrons. The van der Waals surface area contributed by atoms with Crippen LogP contribution in [0.5, 0.6) is 5.88 Å². The van der Waals surface area contributed by atoms with Gasteiger partial charge in [-0.3, -0.25) is 0 Å². The Kier molecular flexibility index (Phi) is 3.48. The van der Waals surface area contributed by atoms with E-state index in [1.54, 1.807) is 12.1 Å². The van der Waals surface area contributed by atoms with Crippen molar-refractivity contribution in [2.24, 2.45) is 0 Å². The van der Waals surface area contributed by atoms with Gasteiger partial charge in [0.2, 0.25) is 5.88 Å². The van der Waals surface area contributed by atoms with Crippen LogP contribution in [0.25, 0.3) is 11.3 Å². The minimum Gasteiger partial charge on any atom is -0.480 e. The van der Waals surface area contributed by atoms with Crippen molar-refractivity contribution in [2.75, 3.05) is 7.11 Å². The lowest BCUT2D eigenvalue weighted by atomic mass is 10.1. The number of benzene rings is 1. The van der Waals surface area contributed by atoms with Gasteiger partial charge >= 0.3 is 5.97 Å². The Hall–Kier alpha value is -2.07. The molecule has 1 heterocycles. The molecule has 0 fully saturated rings. The zero-order valence-electron chi connectivity index (χ0n) is 9.55. The normalized spacial score (nSPS) is 10.1. The Labute approximate surface area is 109 Å². The predicted octanol–water partition coefficient (Wildman–Crippen LogP) is 3.11. The van der Waals surface area contributed by atoms with E-state index in [1.807, 2.05) is 18.2 Å². The molecule has 0 aliphatic rings. The van der Waals surface area contributed by atoms with Crippen LogP contribution < -0.4 is 4.74 Å². The van der Waals surface area contributed by atoms with Gasteiger partial charge in [0.1, 0.15) is 5.56 Å². The lowest BCUT2D eigenvalue weighted by Crippen LogP contribution is -2.03. The minimum atomic E-state index is -1.08. The number of nitrogens with zero attached hydrogens (tertiary/aromatic N) is 1. The third-order valence-corrected chi connectivity index (χ3v) is 2.76. The summed E-state index contributed by atoms with van der Waals surface area (Å²) in [5.41, 5.74) is 1.32. The molecule has 0 saturated heterocycles. The molecule has 4 nitrogen and oxygen atoms in total. The molecule has 0 unspecified atom stereocenters. The second kappa shape index (κ2) is 5.06. The van der Waals surface area contributed by atoms with Gasteiger partial charge in [-0.1, -0.05) is 29.8 Å². The van der Waals surface area contributed by atoms with Gasteiger partial charge in [0.05, 0.1) is 12.8 Å². The predicted molar refractivity (Wildman–Crippen MR) is 68.2 cm³/mol. The summed E-state index contributed by atoms with van der Waals surface area (Å²) in [6.07, 6.45) is 0. The van der Waals surface area contributed by atoms with Crippen LogP contribution in [0.4, 0.5) is 0 Å². The van der Waals surface area contributed by atoms with Crippen molar-refractivity contribution in [3.63, 3.8) is 0 Å². The highest BCUT2D eigenvalue weighted by Crippen LogP contribution is 2.28. The van der Waals surface area contributed by atoms with Crippen LogP contribution in [0.3, 0.4) is 0 Å². The van der Waals surface area contributed by atoms with Crippen molar-refractivity contribution in [3.05, 3.63) is 47.0 Å². The summed E-state index contributed by atoms with van der Waals surface area (Å²) >= 11 is 6.06. The number of aromatic nitrogens is 1. The van der Waals surface area contributed by atoms with Crippen LogP contribution >= 0.6 is 11.6 Å². The molecule has 0 atom stereocenters. The van der Waals surface area contributed by atoms with Gasteiger partial charge < -0.3 is 9.84 Å². The highest BCUT2D eigenvalue weighted by atomic mass is 35.5. The first kappa shape index (κ1) is 12.4. The number of aromatic carboxylic acids is 1.